The SMILES string of the molecule is C=CCSc1ccccc1NC(=O)CN(C)Cc1ccc(OC)c(F)c1. The molecule has 138 valence electrons. The lowest BCUT2D eigenvalue weighted by molar-refractivity contribution is -0.117. The highest BCUT2D eigenvalue weighted by Crippen LogP contribution is 2.27. The van der Waals surface area contributed by atoms with Crippen LogP contribution in [-0.2, 0) is 11.3 Å². The number of hydrogen-bond donors (Lipinski definition) is 1. The number of rotatable bonds is 9. The van der Waals surface area contributed by atoms with Crippen molar-refractivity contribution in [3.8, 4) is 5.75 Å². The van der Waals surface area contributed by atoms with E-state index in [9.17, 15) is 9.18 Å². The predicted molar refractivity (Wildman–Crippen MR) is 105 cm³/mol. The zero-order valence-electron chi connectivity index (χ0n) is 15.0. The molecule has 1 amide bonds. The molecule has 0 aliphatic heterocycles. The number of amides is 1. The van der Waals surface area contributed by atoms with Crippen molar-refractivity contribution >= 4 is 23.4 Å². The van der Waals surface area contributed by atoms with E-state index in [-0.39, 0.29) is 18.2 Å². The number of carbonyl (C=O) groups excluding carboxylic acids is 1. The lowest BCUT2D eigenvalue weighted by atomic mass is 10.2. The maximum absolute atomic E-state index is 13.8. The third-order valence-electron chi connectivity index (χ3n) is 3.60. The van der Waals surface area contributed by atoms with Gasteiger partial charge in [-0.05, 0) is 36.9 Å². The predicted octanol–water partition coefficient (Wildman–Crippen LogP) is 4.18. The Morgan fingerprint density at radius 2 is 2.12 bits per heavy atom. The minimum Gasteiger partial charge on any atom is -0.494 e. The highest BCUT2D eigenvalue weighted by atomic mass is 32.2. The number of carbonyl (C=O) groups is 1. The molecule has 0 spiro atoms. The van der Waals surface area contributed by atoms with Gasteiger partial charge in [0.1, 0.15) is 0 Å². The van der Waals surface area contributed by atoms with Gasteiger partial charge >= 0.3 is 0 Å². The molecule has 0 heterocycles. The Morgan fingerprint density at radius 1 is 1.35 bits per heavy atom. The standard InChI is InChI=1S/C20H23FN2O2S/c1-4-11-26-19-8-6-5-7-17(19)22-20(24)14-23(2)13-15-9-10-18(25-3)16(21)12-15/h4-10,12H,1,11,13-14H2,2-3H3,(H,22,24). The van der Waals surface area contributed by atoms with Crippen LogP contribution in [0.15, 0.2) is 60.0 Å². The molecule has 26 heavy (non-hydrogen) atoms. The number of methoxy groups -OCH3 is 1. The quantitative estimate of drug-likeness (QED) is 0.528. The Labute approximate surface area is 158 Å². The summed E-state index contributed by atoms with van der Waals surface area (Å²) in [5, 5.41) is 2.94. The number of hydrogen-bond acceptors (Lipinski definition) is 4. The molecule has 0 radical (unpaired) electrons. The Kier molecular flexibility index (Phi) is 7.69. The van der Waals surface area contributed by atoms with Gasteiger partial charge in [-0.3, -0.25) is 9.69 Å². The summed E-state index contributed by atoms with van der Waals surface area (Å²) in [6.07, 6.45) is 1.82. The second-order valence-corrected chi connectivity index (χ2v) is 6.85. The van der Waals surface area contributed by atoms with Crippen LogP contribution in [0, 0.1) is 5.82 Å². The van der Waals surface area contributed by atoms with E-state index in [0.29, 0.717) is 6.54 Å². The Bertz CT molecular complexity index is 767. The van der Waals surface area contributed by atoms with Gasteiger partial charge in [-0.1, -0.05) is 24.3 Å². The highest BCUT2D eigenvalue weighted by molar-refractivity contribution is 7.99. The molecule has 0 aromatic heterocycles. The molecule has 1 N–H and O–H groups in total. The maximum Gasteiger partial charge on any atom is 0.238 e. The van der Waals surface area contributed by atoms with Crippen LogP contribution in [0.3, 0.4) is 0 Å². The average molecular weight is 374 g/mol. The molecular formula is C20H23FN2O2S. The minimum absolute atomic E-state index is 0.117. The molecule has 2 aromatic carbocycles. The average Bonchev–Trinajstić information content (AvgIpc) is 2.61. The molecule has 2 rings (SSSR count). The van der Waals surface area contributed by atoms with E-state index in [0.717, 1.165) is 21.9 Å². The number of ether oxygens (including phenoxy) is 1. The Hall–Kier alpha value is -2.31. The first-order valence-corrected chi connectivity index (χ1v) is 9.15. The van der Waals surface area contributed by atoms with Crippen LogP contribution in [0.25, 0.3) is 0 Å². The molecular weight excluding hydrogens is 351 g/mol. The van der Waals surface area contributed by atoms with Gasteiger partial charge in [0, 0.05) is 17.2 Å². The monoisotopic (exact) mass is 374 g/mol. The van der Waals surface area contributed by atoms with Crippen LogP contribution in [0.2, 0.25) is 0 Å². The number of anilines is 1. The molecule has 0 bridgehead atoms. The number of para-hydroxylation sites is 1. The fraction of sp³-hybridized carbons (Fsp3) is 0.250. The molecule has 4 nitrogen and oxygen atoms in total. The van der Waals surface area contributed by atoms with Gasteiger partial charge < -0.3 is 10.1 Å². The van der Waals surface area contributed by atoms with Crippen molar-refractivity contribution in [3.63, 3.8) is 0 Å². The number of thioether (sulfide) groups is 1. The van der Waals surface area contributed by atoms with E-state index in [1.165, 1.54) is 13.2 Å². The molecule has 0 fully saturated rings. The van der Waals surface area contributed by atoms with Crippen molar-refractivity contribution in [2.45, 2.75) is 11.4 Å². The Morgan fingerprint density at radius 3 is 2.81 bits per heavy atom. The van der Waals surface area contributed by atoms with E-state index in [4.69, 9.17) is 4.74 Å². The van der Waals surface area contributed by atoms with Gasteiger partial charge in [-0.15, -0.1) is 18.3 Å². The normalized spacial score (nSPS) is 10.6. The zero-order chi connectivity index (χ0) is 18.9. The molecule has 0 aliphatic carbocycles. The molecule has 6 heteroatoms. The van der Waals surface area contributed by atoms with E-state index >= 15 is 0 Å². The second kappa shape index (κ2) is 9.99. The maximum atomic E-state index is 13.8. The van der Waals surface area contributed by atoms with E-state index in [1.54, 1.807) is 23.9 Å². The summed E-state index contributed by atoms with van der Waals surface area (Å²) < 4.78 is 18.7. The third kappa shape index (κ3) is 5.89. The number of nitrogens with zero attached hydrogens (tertiary/aromatic N) is 1. The Balaban J connectivity index is 1.93. The van der Waals surface area contributed by atoms with Crippen molar-refractivity contribution in [3.05, 3.63) is 66.5 Å². The fourth-order valence-corrected chi connectivity index (χ4v) is 3.20. The van der Waals surface area contributed by atoms with E-state index < -0.39 is 5.82 Å². The summed E-state index contributed by atoms with van der Waals surface area (Å²) >= 11 is 1.62. The summed E-state index contributed by atoms with van der Waals surface area (Å²) in [7, 11) is 3.25. The molecule has 0 aliphatic rings. The van der Waals surface area contributed by atoms with Crippen LogP contribution < -0.4 is 10.1 Å². The van der Waals surface area contributed by atoms with Crippen molar-refractivity contribution < 1.29 is 13.9 Å². The first-order valence-electron chi connectivity index (χ1n) is 8.17. The van der Waals surface area contributed by atoms with Gasteiger partial charge in [-0.2, -0.15) is 0 Å². The van der Waals surface area contributed by atoms with Crippen LogP contribution in [-0.4, -0.2) is 37.3 Å². The molecule has 0 atom stereocenters. The van der Waals surface area contributed by atoms with Crippen molar-refractivity contribution in [2.24, 2.45) is 0 Å². The molecule has 2 aromatic rings. The van der Waals surface area contributed by atoms with Crippen LogP contribution >= 0.6 is 11.8 Å². The summed E-state index contributed by atoms with van der Waals surface area (Å²) in [5.41, 5.74) is 1.56. The summed E-state index contributed by atoms with van der Waals surface area (Å²) in [6, 6.07) is 12.5. The number of halogens is 1. The van der Waals surface area contributed by atoms with Crippen LogP contribution in [0.1, 0.15) is 5.56 Å². The van der Waals surface area contributed by atoms with Gasteiger partial charge in [-0.25, -0.2) is 4.39 Å². The summed E-state index contributed by atoms with van der Waals surface area (Å²) in [5.74, 6) is 0.461. The summed E-state index contributed by atoms with van der Waals surface area (Å²) in [6.45, 7) is 4.38. The second-order valence-electron chi connectivity index (χ2n) is 5.79. The van der Waals surface area contributed by atoms with Gasteiger partial charge in [0.15, 0.2) is 11.6 Å². The van der Waals surface area contributed by atoms with Gasteiger partial charge in [0.2, 0.25) is 5.91 Å². The lowest BCUT2D eigenvalue weighted by Crippen LogP contribution is -2.30. The van der Waals surface area contributed by atoms with Crippen molar-refractivity contribution in [1.82, 2.24) is 4.90 Å². The van der Waals surface area contributed by atoms with E-state index in [1.807, 2.05) is 42.3 Å². The lowest BCUT2D eigenvalue weighted by Gasteiger charge is -2.17. The molecule has 0 saturated heterocycles. The summed E-state index contributed by atoms with van der Waals surface area (Å²) in [4.78, 5) is 15.2. The first kappa shape index (κ1) is 20.0. The van der Waals surface area contributed by atoms with Crippen molar-refractivity contribution in [2.75, 3.05) is 31.8 Å². The van der Waals surface area contributed by atoms with Gasteiger partial charge in [0.05, 0.1) is 19.3 Å². The smallest absolute Gasteiger partial charge is 0.238 e. The first-order chi connectivity index (χ1) is 12.5. The number of likely N-dealkylation sites (N-methyl/N-ethyl adjacent to an activating group) is 1. The largest absolute Gasteiger partial charge is 0.494 e. The van der Waals surface area contributed by atoms with Crippen molar-refractivity contribution in [1.29, 1.82) is 0 Å². The highest BCUT2D eigenvalue weighted by Gasteiger charge is 2.11. The topological polar surface area (TPSA) is 41.6 Å². The van der Waals surface area contributed by atoms with Crippen LogP contribution in [0.5, 0.6) is 5.75 Å². The zero-order valence-corrected chi connectivity index (χ0v) is 15.8. The molecule has 0 saturated carbocycles. The minimum atomic E-state index is -0.406. The van der Waals surface area contributed by atoms with Gasteiger partial charge in [0.25, 0.3) is 0 Å². The van der Waals surface area contributed by atoms with E-state index in [2.05, 4.69) is 11.9 Å². The fourth-order valence-electron chi connectivity index (χ4n) is 2.46. The van der Waals surface area contributed by atoms with Crippen LogP contribution in [0.4, 0.5) is 10.1 Å². The number of benzene rings is 2. The number of nitrogens with one attached hydrogen (secondary N) is 1. The third-order valence-corrected chi connectivity index (χ3v) is 4.67. The molecule has 0 unspecified atom stereocenters.